The normalized spacial score (nSPS) is 17.7. The second-order valence-electron chi connectivity index (χ2n) is 5.70. The van der Waals surface area contributed by atoms with Crippen molar-refractivity contribution in [3.05, 3.63) is 18.2 Å². The van der Waals surface area contributed by atoms with Gasteiger partial charge in [0.15, 0.2) is 0 Å². The molecule has 1 fully saturated rings. The molecule has 0 heterocycles. The van der Waals surface area contributed by atoms with Gasteiger partial charge >= 0.3 is 0 Å². The molecule has 0 saturated heterocycles. The van der Waals surface area contributed by atoms with Crippen molar-refractivity contribution in [3.8, 4) is 5.75 Å². The molecule has 1 aromatic carbocycles. The predicted octanol–water partition coefficient (Wildman–Crippen LogP) is 2.77. The van der Waals surface area contributed by atoms with E-state index in [0.717, 1.165) is 31.4 Å². The van der Waals surface area contributed by atoms with Crippen LogP contribution in [-0.4, -0.2) is 23.4 Å². The lowest BCUT2D eigenvalue weighted by Crippen LogP contribution is -2.33. The number of hydrogen-bond acceptors (Lipinski definition) is 4. The molecule has 0 amide bonds. The molecule has 1 aliphatic carbocycles. The lowest BCUT2D eigenvalue weighted by molar-refractivity contribution is 0.0614. The number of rotatable bonds is 5. The van der Waals surface area contributed by atoms with Crippen LogP contribution >= 0.6 is 0 Å². The number of benzene rings is 1. The number of nitrogens with two attached hydrogens (primary N) is 1. The molecule has 1 aliphatic rings. The number of nitrogen functional groups attached to an aromatic ring is 1. The molecule has 4 nitrogen and oxygen atoms in total. The molecule has 0 aromatic heterocycles. The first-order chi connectivity index (χ1) is 8.98. The third kappa shape index (κ3) is 3.77. The Hall–Kier alpha value is -1.42. The molecule has 4 heteroatoms. The summed E-state index contributed by atoms with van der Waals surface area (Å²) in [6.07, 6.45) is 4.08. The molecule has 0 spiro atoms. The summed E-state index contributed by atoms with van der Waals surface area (Å²) in [4.78, 5) is 0. The molecule has 1 aromatic rings. The van der Waals surface area contributed by atoms with Crippen molar-refractivity contribution in [1.82, 2.24) is 0 Å². The topological polar surface area (TPSA) is 67.5 Å². The molecule has 1 saturated carbocycles. The summed E-state index contributed by atoms with van der Waals surface area (Å²) in [6, 6.07) is 5.65. The van der Waals surface area contributed by atoms with Crippen molar-refractivity contribution in [2.45, 2.75) is 51.2 Å². The fourth-order valence-electron chi connectivity index (χ4n) is 2.48. The summed E-state index contributed by atoms with van der Waals surface area (Å²) < 4.78 is 5.66. The average Bonchev–Trinajstić information content (AvgIpc) is 2.77. The minimum Gasteiger partial charge on any atom is -0.489 e. The van der Waals surface area contributed by atoms with E-state index in [1.54, 1.807) is 0 Å². The molecule has 106 valence electrons. The highest BCUT2D eigenvalue weighted by molar-refractivity contribution is 5.61. The number of aliphatic hydroxyl groups is 1. The van der Waals surface area contributed by atoms with Crippen molar-refractivity contribution in [1.29, 1.82) is 0 Å². The summed E-state index contributed by atoms with van der Waals surface area (Å²) in [5, 5.41) is 13.6. The Balaban J connectivity index is 2.00. The molecular formula is C15H24N2O2. The molecular weight excluding hydrogens is 240 g/mol. The highest BCUT2D eigenvalue weighted by Crippen LogP contribution is 2.31. The van der Waals surface area contributed by atoms with Gasteiger partial charge in [-0.2, -0.15) is 0 Å². The van der Waals surface area contributed by atoms with Gasteiger partial charge < -0.3 is 20.9 Å². The van der Waals surface area contributed by atoms with E-state index in [9.17, 15) is 5.11 Å². The van der Waals surface area contributed by atoms with E-state index in [1.807, 2.05) is 32.0 Å². The Morgan fingerprint density at radius 3 is 2.68 bits per heavy atom. The van der Waals surface area contributed by atoms with E-state index in [1.165, 1.54) is 0 Å². The monoisotopic (exact) mass is 264 g/mol. The third-order valence-corrected chi connectivity index (χ3v) is 3.53. The van der Waals surface area contributed by atoms with Gasteiger partial charge in [0.2, 0.25) is 0 Å². The van der Waals surface area contributed by atoms with Gasteiger partial charge in [0.1, 0.15) is 5.75 Å². The Labute approximate surface area is 115 Å². The fourth-order valence-corrected chi connectivity index (χ4v) is 2.48. The highest BCUT2D eigenvalue weighted by atomic mass is 16.5. The second-order valence-corrected chi connectivity index (χ2v) is 5.70. The van der Waals surface area contributed by atoms with Crippen LogP contribution in [-0.2, 0) is 0 Å². The van der Waals surface area contributed by atoms with Crippen LogP contribution in [0, 0.1) is 0 Å². The van der Waals surface area contributed by atoms with E-state index >= 15 is 0 Å². The number of hydrogen-bond donors (Lipinski definition) is 3. The van der Waals surface area contributed by atoms with Gasteiger partial charge in [0.25, 0.3) is 0 Å². The zero-order valence-corrected chi connectivity index (χ0v) is 11.8. The van der Waals surface area contributed by atoms with Gasteiger partial charge in [0, 0.05) is 18.3 Å². The molecule has 2 rings (SSSR count). The van der Waals surface area contributed by atoms with Crippen molar-refractivity contribution in [3.63, 3.8) is 0 Å². The molecule has 0 bridgehead atoms. The second kappa shape index (κ2) is 5.70. The number of anilines is 2. The van der Waals surface area contributed by atoms with Crippen LogP contribution in [0.2, 0.25) is 0 Å². The Bertz CT molecular complexity index is 426. The smallest absolute Gasteiger partial charge is 0.144 e. The lowest BCUT2D eigenvalue weighted by Gasteiger charge is -2.23. The van der Waals surface area contributed by atoms with Crippen molar-refractivity contribution < 1.29 is 9.84 Å². The molecule has 0 unspecified atom stereocenters. The standard InChI is InChI=1S/C15H24N2O2/c1-11(2)19-14-9-12(5-6-13(14)16)17-10-15(18)7-3-4-8-15/h5-6,9,11,17-18H,3-4,7-8,10,16H2,1-2H3. The quantitative estimate of drug-likeness (QED) is 0.715. The van der Waals surface area contributed by atoms with E-state index in [-0.39, 0.29) is 6.10 Å². The van der Waals surface area contributed by atoms with Gasteiger partial charge in [-0.3, -0.25) is 0 Å². The first kappa shape index (κ1) is 14.0. The maximum atomic E-state index is 10.3. The zero-order valence-electron chi connectivity index (χ0n) is 11.8. The minimum atomic E-state index is -0.555. The van der Waals surface area contributed by atoms with Crippen LogP contribution in [0.25, 0.3) is 0 Å². The van der Waals surface area contributed by atoms with Crippen LogP contribution in [0.5, 0.6) is 5.75 Å². The number of ether oxygens (including phenoxy) is 1. The molecule has 0 atom stereocenters. The minimum absolute atomic E-state index is 0.0940. The van der Waals surface area contributed by atoms with Crippen molar-refractivity contribution in [2.75, 3.05) is 17.6 Å². The van der Waals surface area contributed by atoms with Gasteiger partial charge in [0.05, 0.1) is 17.4 Å². The average molecular weight is 264 g/mol. The SMILES string of the molecule is CC(C)Oc1cc(NCC2(O)CCCC2)ccc1N. The predicted molar refractivity (Wildman–Crippen MR) is 78.5 cm³/mol. The number of nitrogens with one attached hydrogen (secondary N) is 1. The van der Waals surface area contributed by atoms with Gasteiger partial charge in [-0.25, -0.2) is 0 Å². The Kier molecular flexibility index (Phi) is 4.20. The van der Waals surface area contributed by atoms with Gasteiger partial charge in [-0.15, -0.1) is 0 Å². The van der Waals surface area contributed by atoms with Crippen LogP contribution < -0.4 is 15.8 Å². The van der Waals surface area contributed by atoms with E-state index < -0.39 is 5.60 Å². The fraction of sp³-hybridized carbons (Fsp3) is 0.600. The first-order valence-electron chi connectivity index (χ1n) is 7.01. The summed E-state index contributed by atoms with van der Waals surface area (Å²) in [5.74, 6) is 0.693. The van der Waals surface area contributed by atoms with Gasteiger partial charge in [-0.1, -0.05) is 12.8 Å². The van der Waals surface area contributed by atoms with Crippen LogP contribution in [0.15, 0.2) is 18.2 Å². The first-order valence-corrected chi connectivity index (χ1v) is 7.01. The lowest BCUT2D eigenvalue weighted by atomic mass is 10.0. The van der Waals surface area contributed by atoms with Gasteiger partial charge in [-0.05, 0) is 38.8 Å². The summed E-state index contributed by atoms with van der Waals surface area (Å²) >= 11 is 0. The van der Waals surface area contributed by atoms with Crippen LogP contribution in [0.1, 0.15) is 39.5 Å². The van der Waals surface area contributed by atoms with Crippen LogP contribution in [0.4, 0.5) is 11.4 Å². The van der Waals surface area contributed by atoms with E-state index in [0.29, 0.717) is 18.0 Å². The molecule has 4 N–H and O–H groups in total. The maximum absolute atomic E-state index is 10.3. The van der Waals surface area contributed by atoms with Crippen molar-refractivity contribution >= 4 is 11.4 Å². The molecule has 0 radical (unpaired) electrons. The van der Waals surface area contributed by atoms with Crippen molar-refractivity contribution in [2.24, 2.45) is 0 Å². The molecule has 19 heavy (non-hydrogen) atoms. The summed E-state index contributed by atoms with van der Waals surface area (Å²) in [5.41, 5.74) is 6.90. The van der Waals surface area contributed by atoms with E-state index in [4.69, 9.17) is 10.5 Å². The van der Waals surface area contributed by atoms with Crippen LogP contribution in [0.3, 0.4) is 0 Å². The largest absolute Gasteiger partial charge is 0.489 e. The summed E-state index contributed by atoms with van der Waals surface area (Å²) in [6.45, 7) is 4.53. The molecule has 0 aliphatic heterocycles. The maximum Gasteiger partial charge on any atom is 0.144 e. The van der Waals surface area contributed by atoms with E-state index in [2.05, 4.69) is 5.32 Å². The third-order valence-electron chi connectivity index (χ3n) is 3.53. The highest BCUT2D eigenvalue weighted by Gasteiger charge is 2.30. The zero-order chi connectivity index (χ0) is 13.9. The summed E-state index contributed by atoms with van der Waals surface area (Å²) in [7, 11) is 0. The Morgan fingerprint density at radius 2 is 2.05 bits per heavy atom. The Morgan fingerprint density at radius 1 is 1.37 bits per heavy atom.